The summed E-state index contributed by atoms with van der Waals surface area (Å²) < 4.78 is 0. The highest BCUT2D eigenvalue weighted by Gasteiger charge is 2.28. The summed E-state index contributed by atoms with van der Waals surface area (Å²) in [6.07, 6.45) is 4.85. The van der Waals surface area contributed by atoms with Gasteiger partial charge in [-0.2, -0.15) is 0 Å². The molecule has 110 valence electrons. The van der Waals surface area contributed by atoms with Crippen molar-refractivity contribution >= 4 is 12.0 Å². The SMILES string of the molecule is CC(CCNC(=O)NC1CCCC(C)(C)C1)C(=O)O. The number of rotatable bonds is 5. The van der Waals surface area contributed by atoms with Gasteiger partial charge in [-0.05, 0) is 31.1 Å². The number of hydrogen-bond donors (Lipinski definition) is 3. The summed E-state index contributed by atoms with van der Waals surface area (Å²) in [7, 11) is 0. The van der Waals surface area contributed by atoms with E-state index in [1.165, 1.54) is 6.42 Å². The van der Waals surface area contributed by atoms with Crippen molar-refractivity contribution in [2.45, 2.75) is 58.9 Å². The van der Waals surface area contributed by atoms with Crippen molar-refractivity contribution in [3.63, 3.8) is 0 Å². The summed E-state index contributed by atoms with van der Waals surface area (Å²) in [5, 5.41) is 14.4. The van der Waals surface area contributed by atoms with E-state index in [1.54, 1.807) is 6.92 Å². The highest BCUT2D eigenvalue weighted by Crippen LogP contribution is 2.34. The van der Waals surface area contributed by atoms with E-state index in [2.05, 4.69) is 24.5 Å². The molecule has 0 aromatic rings. The second-order valence-corrected chi connectivity index (χ2v) is 6.39. The zero-order valence-electron chi connectivity index (χ0n) is 12.2. The molecule has 1 rings (SSSR count). The zero-order valence-corrected chi connectivity index (χ0v) is 12.2. The monoisotopic (exact) mass is 270 g/mol. The fourth-order valence-corrected chi connectivity index (χ4v) is 2.58. The molecule has 5 heteroatoms. The number of carbonyl (C=O) groups excluding carboxylic acids is 1. The first-order chi connectivity index (χ1) is 8.80. The van der Waals surface area contributed by atoms with Crippen LogP contribution in [0.25, 0.3) is 0 Å². The molecule has 0 aliphatic heterocycles. The van der Waals surface area contributed by atoms with Gasteiger partial charge >= 0.3 is 12.0 Å². The van der Waals surface area contributed by atoms with Crippen LogP contribution in [0.15, 0.2) is 0 Å². The lowest BCUT2D eigenvalue weighted by atomic mass is 9.75. The Bertz CT molecular complexity index is 329. The van der Waals surface area contributed by atoms with Gasteiger partial charge in [0.2, 0.25) is 0 Å². The van der Waals surface area contributed by atoms with Crippen LogP contribution < -0.4 is 10.6 Å². The van der Waals surface area contributed by atoms with Crippen LogP contribution in [-0.4, -0.2) is 29.7 Å². The van der Waals surface area contributed by atoms with Crippen LogP contribution >= 0.6 is 0 Å². The fraction of sp³-hybridized carbons (Fsp3) is 0.857. The Balaban J connectivity index is 2.22. The summed E-state index contributed by atoms with van der Waals surface area (Å²) in [6, 6.07) is 0.0564. The number of aliphatic carboxylic acids is 1. The molecule has 0 bridgehead atoms. The molecule has 1 aliphatic rings. The van der Waals surface area contributed by atoms with Crippen molar-refractivity contribution in [3.05, 3.63) is 0 Å². The van der Waals surface area contributed by atoms with Crippen LogP contribution in [0.2, 0.25) is 0 Å². The predicted octanol–water partition coefficient (Wildman–Crippen LogP) is 2.37. The molecule has 19 heavy (non-hydrogen) atoms. The van der Waals surface area contributed by atoms with Gasteiger partial charge in [-0.15, -0.1) is 0 Å². The molecule has 2 atom stereocenters. The van der Waals surface area contributed by atoms with Crippen molar-refractivity contribution < 1.29 is 14.7 Å². The highest BCUT2D eigenvalue weighted by atomic mass is 16.4. The van der Waals surface area contributed by atoms with Crippen LogP contribution in [0.4, 0.5) is 4.79 Å². The number of carbonyl (C=O) groups is 2. The number of hydrogen-bond acceptors (Lipinski definition) is 2. The number of nitrogens with one attached hydrogen (secondary N) is 2. The fourth-order valence-electron chi connectivity index (χ4n) is 2.58. The second kappa shape index (κ2) is 6.78. The molecular formula is C14H26N2O3. The Morgan fingerprint density at radius 2 is 2.11 bits per heavy atom. The summed E-state index contributed by atoms with van der Waals surface area (Å²) >= 11 is 0. The molecule has 0 aromatic carbocycles. The van der Waals surface area contributed by atoms with Crippen molar-refractivity contribution in [2.75, 3.05) is 6.54 Å². The Morgan fingerprint density at radius 1 is 1.42 bits per heavy atom. The molecule has 1 fully saturated rings. The smallest absolute Gasteiger partial charge is 0.315 e. The molecule has 0 saturated heterocycles. The molecule has 2 amide bonds. The van der Waals surface area contributed by atoms with Crippen LogP contribution in [0.5, 0.6) is 0 Å². The Kier molecular flexibility index (Phi) is 5.63. The van der Waals surface area contributed by atoms with Gasteiger partial charge in [0, 0.05) is 12.6 Å². The van der Waals surface area contributed by atoms with E-state index in [0.29, 0.717) is 18.4 Å². The van der Waals surface area contributed by atoms with Gasteiger partial charge in [-0.3, -0.25) is 4.79 Å². The third-order valence-electron chi connectivity index (χ3n) is 3.82. The van der Waals surface area contributed by atoms with Gasteiger partial charge in [0.25, 0.3) is 0 Å². The van der Waals surface area contributed by atoms with Gasteiger partial charge in [0.15, 0.2) is 0 Å². The summed E-state index contributed by atoms with van der Waals surface area (Å²) in [5.41, 5.74) is 0.300. The maximum atomic E-state index is 11.7. The molecule has 0 heterocycles. The average molecular weight is 270 g/mol. The standard InChI is InChI=1S/C14H26N2O3/c1-10(12(17)18)6-8-15-13(19)16-11-5-4-7-14(2,3)9-11/h10-11H,4-9H2,1-3H3,(H,17,18)(H2,15,16,19). The molecule has 5 nitrogen and oxygen atoms in total. The molecule has 0 aromatic heterocycles. The van der Waals surface area contributed by atoms with Gasteiger partial charge < -0.3 is 15.7 Å². The first kappa shape index (κ1) is 15.8. The largest absolute Gasteiger partial charge is 0.481 e. The van der Waals surface area contributed by atoms with Crippen LogP contribution in [0, 0.1) is 11.3 Å². The van der Waals surface area contributed by atoms with E-state index in [1.807, 2.05) is 0 Å². The maximum Gasteiger partial charge on any atom is 0.315 e. The molecule has 0 radical (unpaired) electrons. The Hall–Kier alpha value is -1.26. The molecule has 3 N–H and O–H groups in total. The van der Waals surface area contributed by atoms with E-state index in [0.717, 1.165) is 19.3 Å². The van der Waals surface area contributed by atoms with E-state index < -0.39 is 11.9 Å². The minimum absolute atomic E-state index is 0.180. The third-order valence-corrected chi connectivity index (χ3v) is 3.82. The quantitative estimate of drug-likeness (QED) is 0.717. The second-order valence-electron chi connectivity index (χ2n) is 6.39. The van der Waals surface area contributed by atoms with Gasteiger partial charge in [0.05, 0.1) is 5.92 Å². The maximum absolute atomic E-state index is 11.7. The first-order valence-electron chi connectivity index (χ1n) is 7.07. The van der Waals surface area contributed by atoms with Crippen LogP contribution in [-0.2, 0) is 4.79 Å². The molecule has 1 aliphatic carbocycles. The van der Waals surface area contributed by atoms with E-state index in [-0.39, 0.29) is 12.1 Å². The zero-order chi connectivity index (χ0) is 14.5. The minimum atomic E-state index is -0.823. The molecule has 2 unspecified atom stereocenters. The van der Waals surface area contributed by atoms with Gasteiger partial charge in [0.1, 0.15) is 0 Å². The van der Waals surface area contributed by atoms with E-state index in [9.17, 15) is 9.59 Å². The lowest BCUT2D eigenvalue weighted by molar-refractivity contribution is -0.141. The summed E-state index contributed by atoms with van der Waals surface area (Å²) in [6.45, 7) is 6.50. The average Bonchev–Trinajstić information content (AvgIpc) is 2.27. The molecule has 0 spiro atoms. The predicted molar refractivity (Wildman–Crippen MR) is 74.0 cm³/mol. The van der Waals surface area contributed by atoms with Gasteiger partial charge in [-0.25, -0.2) is 4.79 Å². The van der Waals surface area contributed by atoms with E-state index >= 15 is 0 Å². The van der Waals surface area contributed by atoms with Crippen molar-refractivity contribution in [2.24, 2.45) is 11.3 Å². The van der Waals surface area contributed by atoms with Gasteiger partial charge in [-0.1, -0.05) is 27.2 Å². The third kappa shape index (κ3) is 5.94. The number of amides is 2. The number of carboxylic acid groups (broad SMARTS) is 1. The van der Waals surface area contributed by atoms with Crippen molar-refractivity contribution in [3.8, 4) is 0 Å². The Morgan fingerprint density at radius 3 is 2.68 bits per heavy atom. The normalized spacial score (nSPS) is 23.4. The summed E-state index contributed by atoms with van der Waals surface area (Å²) in [5.74, 6) is -1.25. The lowest BCUT2D eigenvalue weighted by Crippen LogP contribution is -2.45. The van der Waals surface area contributed by atoms with Crippen molar-refractivity contribution in [1.82, 2.24) is 10.6 Å². The number of urea groups is 1. The van der Waals surface area contributed by atoms with E-state index in [4.69, 9.17) is 5.11 Å². The lowest BCUT2D eigenvalue weighted by Gasteiger charge is -2.35. The van der Waals surface area contributed by atoms with Crippen LogP contribution in [0.3, 0.4) is 0 Å². The molecular weight excluding hydrogens is 244 g/mol. The summed E-state index contributed by atoms with van der Waals surface area (Å²) in [4.78, 5) is 22.3. The first-order valence-corrected chi connectivity index (χ1v) is 7.07. The molecule has 1 saturated carbocycles. The van der Waals surface area contributed by atoms with Crippen LogP contribution in [0.1, 0.15) is 52.9 Å². The van der Waals surface area contributed by atoms with Crippen molar-refractivity contribution in [1.29, 1.82) is 0 Å². The minimum Gasteiger partial charge on any atom is -0.481 e. The highest BCUT2D eigenvalue weighted by molar-refractivity contribution is 5.74. The Labute approximate surface area is 115 Å². The topological polar surface area (TPSA) is 78.4 Å². The number of carboxylic acids is 1.